The summed E-state index contributed by atoms with van der Waals surface area (Å²) < 4.78 is 0. The molecular weight excluding hydrogens is 270 g/mol. The van der Waals surface area contributed by atoms with Gasteiger partial charge >= 0.3 is 0 Å². The van der Waals surface area contributed by atoms with Crippen LogP contribution in [-0.2, 0) is 5.75 Å². The summed E-state index contributed by atoms with van der Waals surface area (Å²) in [6.07, 6.45) is 0. The zero-order valence-electron chi connectivity index (χ0n) is 9.38. The highest BCUT2D eigenvalue weighted by Gasteiger charge is 2.09. The number of hydrogen-bond acceptors (Lipinski definition) is 3. The van der Waals surface area contributed by atoms with E-state index in [1.165, 1.54) is 17.7 Å². The Morgan fingerprint density at radius 1 is 1.17 bits per heavy atom. The van der Waals surface area contributed by atoms with E-state index in [4.69, 9.17) is 11.6 Å². The number of nitrogens with zero attached hydrogens (tertiary/aromatic N) is 1. The van der Waals surface area contributed by atoms with Crippen molar-refractivity contribution in [1.29, 1.82) is 0 Å². The lowest BCUT2D eigenvalue weighted by molar-refractivity contribution is -0.384. The molecule has 0 atom stereocenters. The molecule has 0 spiro atoms. The maximum atomic E-state index is 10.6. The van der Waals surface area contributed by atoms with Gasteiger partial charge in [0.1, 0.15) is 0 Å². The maximum absolute atomic E-state index is 10.6. The van der Waals surface area contributed by atoms with Gasteiger partial charge in [-0.25, -0.2) is 0 Å². The number of nitro benzene ring substituents is 1. The van der Waals surface area contributed by atoms with Gasteiger partial charge in [-0.2, -0.15) is 0 Å². The summed E-state index contributed by atoms with van der Waals surface area (Å²) in [7, 11) is 0. The third-order valence-corrected chi connectivity index (χ3v) is 3.93. The van der Waals surface area contributed by atoms with Gasteiger partial charge in [-0.1, -0.05) is 41.9 Å². The first-order chi connectivity index (χ1) is 8.66. The van der Waals surface area contributed by atoms with Crippen LogP contribution in [0.25, 0.3) is 0 Å². The Kier molecular flexibility index (Phi) is 4.23. The molecule has 0 unspecified atom stereocenters. The van der Waals surface area contributed by atoms with Crippen LogP contribution >= 0.6 is 23.4 Å². The van der Waals surface area contributed by atoms with Crippen molar-refractivity contribution in [2.75, 3.05) is 0 Å². The van der Waals surface area contributed by atoms with Crippen LogP contribution in [0.3, 0.4) is 0 Å². The summed E-state index contributed by atoms with van der Waals surface area (Å²) in [5.41, 5.74) is 1.21. The second-order valence-corrected chi connectivity index (χ2v) is 5.07. The van der Waals surface area contributed by atoms with Gasteiger partial charge in [-0.05, 0) is 11.6 Å². The molecule has 0 heterocycles. The second kappa shape index (κ2) is 5.89. The van der Waals surface area contributed by atoms with Crippen LogP contribution in [0.2, 0.25) is 5.02 Å². The van der Waals surface area contributed by atoms with Gasteiger partial charge in [-0.15, -0.1) is 11.8 Å². The molecule has 2 aromatic rings. The molecule has 18 heavy (non-hydrogen) atoms. The quantitative estimate of drug-likeness (QED) is 0.469. The van der Waals surface area contributed by atoms with E-state index in [0.29, 0.717) is 5.02 Å². The number of hydrogen-bond donors (Lipinski definition) is 0. The van der Waals surface area contributed by atoms with Crippen molar-refractivity contribution in [3.8, 4) is 0 Å². The molecule has 92 valence electrons. The monoisotopic (exact) mass is 279 g/mol. The molecule has 0 saturated carbocycles. The SMILES string of the molecule is O=[N+]([O-])c1ccc(SCc2ccccc2)c(Cl)c1. The Labute approximate surface area is 114 Å². The molecule has 0 radical (unpaired) electrons. The van der Waals surface area contributed by atoms with Gasteiger partial charge in [0.05, 0.1) is 9.95 Å². The first-order valence-corrected chi connectivity index (χ1v) is 6.64. The molecule has 0 fully saturated rings. The van der Waals surface area contributed by atoms with E-state index in [-0.39, 0.29) is 5.69 Å². The van der Waals surface area contributed by atoms with Crippen molar-refractivity contribution in [3.63, 3.8) is 0 Å². The third kappa shape index (κ3) is 3.24. The number of rotatable bonds is 4. The lowest BCUT2D eigenvalue weighted by Crippen LogP contribution is -1.88. The summed E-state index contributed by atoms with van der Waals surface area (Å²) in [4.78, 5) is 11.0. The zero-order chi connectivity index (χ0) is 13.0. The first-order valence-electron chi connectivity index (χ1n) is 5.27. The molecule has 0 aromatic heterocycles. The van der Waals surface area contributed by atoms with Gasteiger partial charge in [0.15, 0.2) is 0 Å². The fourth-order valence-corrected chi connectivity index (χ4v) is 2.67. The van der Waals surface area contributed by atoms with Crippen LogP contribution in [0.4, 0.5) is 5.69 Å². The number of halogens is 1. The predicted molar refractivity (Wildman–Crippen MR) is 74.1 cm³/mol. The highest BCUT2D eigenvalue weighted by molar-refractivity contribution is 7.98. The van der Waals surface area contributed by atoms with Gasteiger partial charge in [0.2, 0.25) is 0 Å². The van der Waals surface area contributed by atoms with Crippen molar-refractivity contribution in [2.45, 2.75) is 10.6 Å². The maximum Gasteiger partial charge on any atom is 0.270 e. The molecule has 0 aliphatic rings. The fourth-order valence-electron chi connectivity index (χ4n) is 1.46. The number of non-ortho nitro benzene ring substituents is 1. The summed E-state index contributed by atoms with van der Waals surface area (Å²) in [6, 6.07) is 14.5. The van der Waals surface area contributed by atoms with Crippen molar-refractivity contribution in [2.24, 2.45) is 0 Å². The standard InChI is InChI=1S/C13H10ClNO2S/c14-12-8-11(15(16)17)6-7-13(12)18-9-10-4-2-1-3-5-10/h1-8H,9H2. The van der Waals surface area contributed by atoms with Crippen LogP contribution in [0.1, 0.15) is 5.56 Å². The average molecular weight is 280 g/mol. The molecule has 2 rings (SSSR count). The Bertz CT molecular complexity index is 560. The Morgan fingerprint density at radius 3 is 2.50 bits per heavy atom. The molecule has 0 bridgehead atoms. The lowest BCUT2D eigenvalue weighted by atomic mass is 10.2. The Balaban J connectivity index is 2.08. The van der Waals surface area contributed by atoms with Crippen molar-refractivity contribution >= 4 is 29.1 Å². The smallest absolute Gasteiger partial charge is 0.258 e. The van der Waals surface area contributed by atoms with Crippen LogP contribution in [-0.4, -0.2) is 4.92 Å². The van der Waals surface area contributed by atoms with Gasteiger partial charge in [0, 0.05) is 22.8 Å². The minimum Gasteiger partial charge on any atom is -0.258 e. The fraction of sp³-hybridized carbons (Fsp3) is 0.0769. The van der Waals surface area contributed by atoms with E-state index in [9.17, 15) is 10.1 Å². The summed E-state index contributed by atoms with van der Waals surface area (Å²) in [5.74, 6) is 0.790. The molecule has 3 nitrogen and oxygen atoms in total. The zero-order valence-corrected chi connectivity index (χ0v) is 10.9. The lowest BCUT2D eigenvalue weighted by Gasteiger charge is -2.04. The largest absolute Gasteiger partial charge is 0.270 e. The molecule has 0 aliphatic heterocycles. The number of benzene rings is 2. The van der Waals surface area contributed by atoms with Crippen LogP contribution in [0.15, 0.2) is 53.4 Å². The highest BCUT2D eigenvalue weighted by Crippen LogP contribution is 2.32. The molecular formula is C13H10ClNO2S. The van der Waals surface area contributed by atoms with E-state index in [1.54, 1.807) is 17.8 Å². The van der Waals surface area contributed by atoms with Crippen LogP contribution < -0.4 is 0 Å². The van der Waals surface area contributed by atoms with Crippen molar-refractivity contribution in [1.82, 2.24) is 0 Å². The second-order valence-electron chi connectivity index (χ2n) is 3.65. The molecule has 5 heteroatoms. The Hall–Kier alpha value is -1.52. The van der Waals surface area contributed by atoms with Gasteiger partial charge in [-0.3, -0.25) is 10.1 Å². The van der Waals surface area contributed by atoms with Gasteiger partial charge < -0.3 is 0 Å². The summed E-state index contributed by atoms with van der Waals surface area (Å²) in [5, 5.41) is 11.0. The van der Waals surface area contributed by atoms with Crippen LogP contribution in [0.5, 0.6) is 0 Å². The normalized spacial score (nSPS) is 10.3. The predicted octanol–water partition coefficient (Wildman–Crippen LogP) is 4.54. The van der Waals surface area contributed by atoms with Gasteiger partial charge in [0.25, 0.3) is 5.69 Å². The minimum atomic E-state index is -0.447. The summed E-state index contributed by atoms with van der Waals surface area (Å²) >= 11 is 7.58. The van der Waals surface area contributed by atoms with E-state index >= 15 is 0 Å². The van der Waals surface area contributed by atoms with E-state index in [0.717, 1.165) is 10.6 Å². The van der Waals surface area contributed by atoms with Crippen molar-refractivity contribution < 1.29 is 4.92 Å². The van der Waals surface area contributed by atoms with E-state index in [1.807, 2.05) is 30.3 Å². The van der Waals surface area contributed by atoms with Crippen molar-refractivity contribution in [3.05, 3.63) is 69.2 Å². The molecule has 0 amide bonds. The Morgan fingerprint density at radius 2 is 1.89 bits per heavy atom. The molecule has 2 aromatic carbocycles. The average Bonchev–Trinajstić information content (AvgIpc) is 2.38. The third-order valence-electron chi connectivity index (χ3n) is 2.36. The molecule has 0 saturated heterocycles. The molecule has 0 aliphatic carbocycles. The topological polar surface area (TPSA) is 43.1 Å². The summed E-state index contributed by atoms with van der Waals surface area (Å²) in [6.45, 7) is 0. The van der Waals surface area contributed by atoms with E-state index < -0.39 is 4.92 Å². The van der Waals surface area contributed by atoms with Crippen LogP contribution in [0, 0.1) is 10.1 Å². The van der Waals surface area contributed by atoms with E-state index in [2.05, 4.69) is 0 Å². The number of thioether (sulfide) groups is 1. The molecule has 0 N–H and O–H groups in total. The number of nitro groups is 1. The highest BCUT2D eigenvalue weighted by atomic mass is 35.5. The minimum absolute atomic E-state index is 0.0176. The first kappa shape index (κ1) is 12.9.